The van der Waals surface area contributed by atoms with E-state index in [0.29, 0.717) is 12.2 Å². The van der Waals surface area contributed by atoms with E-state index < -0.39 is 0 Å². The topological polar surface area (TPSA) is 73.9 Å². The Morgan fingerprint density at radius 1 is 1.59 bits per heavy atom. The van der Waals surface area contributed by atoms with Gasteiger partial charge in [-0.2, -0.15) is 0 Å². The van der Waals surface area contributed by atoms with Gasteiger partial charge in [-0.25, -0.2) is 9.97 Å². The molecule has 0 aliphatic carbocycles. The summed E-state index contributed by atoms with van der Waals surface area (Å²) in [4.78, 5) is 25.9. The van der Waals surface area contributed by atoms with Crippen molar-refractivity contribution < 1.29 is 4.79 Å². The third-order valence-electron chi connectivity index (χ3n) is 3.92. The number of nitrogens with one attached hydrogen (secondary N) is 2. The molecule has 0 saturated carbocycles. The van der Waals surface area contributed by atoms with Crippen LogP contribution < -0.4 is 5.32 Å². The Morgan fingerprint density at radius 2 is 2.50 bits per heavy atom. The third kappa shape index (κ3) is 3.72. The Bertz CT molecular complexity index is 609. The number of imidazole rings is 1. The smallest absolute Gasteiger partial charge is 0.270 e. The van der Waals surface area contributed by atoms with Crippen LogP contribution in [0.3, 0.4) is 0 Å². The number of rotatable bonds is 5. The molecule has 1 fully saturated rings. The van der Waals surface area contributed by atoms with Crippen molar-refractivity contribution in [3.63, 3.8) is 0 Å². The lowest BCUT2D eigenvalue weighted by atomic mass is 10.0. The number of hydrogen-bond donors (Lipinski definition) is 2. The Balaban J connectivity index is 1.48. The van der Waals surface area contributed by atoms with Crippen molar-refractivity contribution in [2.24, 2.45) is 5.92 Å². The molecule has 7 heteroatoms. The van der Waals surface area contributed by atoms with E-state index in [4.69, 9.17) is 0 Å². The molecule has 0 radical (unpaired) electrons. The second kappa shape index (κ2) is 7.02. The van der Waals surface area contributed by atoms with Crippen molar-refractivity contribution in [3.8, 4) is 10.7 Å². The van der Waals surface area contributed by atoms with Crippen molar-refractivity contribution in [1.82, 2.24) is 25.2 Å². The zero-order chi connectivity index (χ0) is 15.4. The van der Waals surface area contributed by atoms with Crippen LogP contribution in [0.25, 0.3) is 10.7 Å². The van der Waals surface area contributed by atoms with Gasteiger partial charge < -0.3 is 15.2 Å². The van der Waals surface area contributed by atoms with Crippen molar-refractivity contribution in [2.45, 2.75) is 19.8 Å². The molecule has 22 heavy (non-hydrogen) atoms. The van der Waals surface area contributed by atoms with Crippen LogP contribution in [0.5, 0.6) is 0 Å². The highest BCUT2D eigenvalue weighted by atomic mass is 32.1. The van der Waals surface area contributed by atoms with Crippen molar-refractivity contribution in [1.29, 1.82) is 0 Å². The maximum atomic E-state index is 12.1. The summed E-state index contributed by atoms with van der Waals surface area (Å²) in [5.74, 6) is 0.659. The van der Waals surface area contributed by atoms with Gasteiger partial charge in [0.15, 0.2) is 0 Å². The van der Waals surface area contributed by atoms with E-state index in [0.717, 1.165) is 36.3 Å². The largest absolute Gasteiger partial charge is 0.349 e. The van der Waals surface area contributed by atoms with Crippen LogP contribution in [0.1, 0.15) is 30.3 Å². The number of H-pyrrole nitrogens is 1. The predicted octanol–water partition coefficient (Wildman–Crippen LogP) is 1.99. The van der Waals surface area contributed by atoms with Crippen LogP contribution in [0.4, 0.5) is 0 Å². The molecule has 1 unspecified atom stereocenters. The van der Waals surface area contributed by atoms with Crippen LogP contribution >= 0.6 is 11.3 Å². The average molecular weight is 319 g/mol. The lowest BCUT2D eigenvalue weighted by Gasteiger charge is -2.30. The molecule has 0 bridgehead atoms. The SMILES string of the molecule is CC1CCCN(CCNC(=O)c2csc(-c3cnc[nH]3)n2)C1. The molecule has 6 nitrogen and oxygen atoms in total. The Morgan fingerprint density at radius 3 is 3.27 bits per heavy atom. The predicted molar refractivity (Wildman–Crippen MR) is 86.9 cm³/mol. The maximum Gasteiger partial charge on any atom is 0.270 e. The van der Waals surface area contributed by atoms with E-state index >= 15 is 0 Å². The third-order valence-corrected chi connectivity index (χ3v) is 4.80. The number of thiazole rings is 1. The number of aromatic nitrogens is 3. The molecule has 1 aliphatic rings. The highest BCUT2D eigenvalue weighted by Crippen LogP contribution is 2.20. The average Bonchev–Trinajstić information content (AvgIpc) is 3.18. The molecule has 1 amide bonds. The number of carbonyl (C=O) groups is 1. The summed E-state index contributed by atoms with van der Waals surface area (Å²) in [6, 6.07) is 0. The standard InChI is InChI=1S/C15H21N5OS/c1-11-3-2-5-20(8-11)6-4-17-14(21)13-9-22-15(19-13)12-7-16-10-18-12/h7,9-11H,2-6,8H2,1H3,(H,16,18)(H,17,21). The number of carbonyl (C=O) groups excluding carboxylic acids is 1. The van der Waals surface area contributed by atoms with E-state index in [1.54, 1.807) is 17.9 Å². The summed E-state index contributed by atoms with van der Waals surface area (Å²) in [6.45, 7) is 6.14. The van der Waals surface area contributed by atoms with E-state index in [1.807, 2.05) is 0 Å². The molecular formula is C15H21N5OS. The van der Waals surface area contributed by atoms with Gasteiger partial charge in [-0.1, -0.05) is 6.92 Å². The lowest BCUT2D eigenvalue weighted by molar-refractivity contribution is 0.0939. The fourth-order valence-electron chi connectivity index (χ4n) is 2.78. The van der Waals surface area contributed by atoms with Gasteiger partial charge in [-0.05, 0) is 25.3 Å². The maximum absolute atomic E-state index is 12.1. The van der Waals surface area contributed by atoms with Crippen molar-refractivity contribution >= 4 is 17.2 Å². The summed E-state index contributed by atoms with van der Waals surface area (Å²) in [5, 5.41) is 5.53. The van der Waals surface area contributed by atoms with Gasteiger partial charge in [0, 0.05) is 25.0 Å². The fourth-order valence-corrected chi connectivity index (χ4v) is 3.56. The van der Waals surface area contributed by atoms with E-state index in [1.165, 1.54) is 24.2 Å². The number of likely N-dealkylation sites (tertiary alicyclic amines) is 1. The second-order valence-electron chi connectivity index (χ2n) is 5.81. The first-order valence-corrected chi connectivity index (χ1v) is 8.55. The highest BCUT2D eigenvalue weighted by Gasteiger charge is 2.16. The number of aromatic amines is 1. The van der Waals surface area contributed by atoms with Crippen molar-refractivity contribution in [3.05, 3.63) is 23.6 Å². The molecule has 118 valence electrons. The minimum Gasteiger partial charge on any atom is -0.349 e. The minimum absolute atomic E-state index is 0.105. The molecule has 2 N–H and O–H groups in total. The first-order chi connectivity index (χ1) is 10.7. The quantitative estimate of drug-likeness (QED) is 0.884. The summed E-state index contributed by atoms with van der Waals surface area (Å²) in [6.07, 6.45) is 5.89. The van der Waals surface area contributed by atoms with Crippen molar-refractivity contribution in [2.75, 3.05) is 26.2 Å². The molecule has 0 aromatic carbocycles. The van der Waals surface area contributed by atoms with Crippen LogP contribution in [0.15, 0.2) is 17.9 Å². The number of amides is 1. The zero-order valence-electron chi connectivity index (χ0n) is 12.7. The second-order valence-corrected chi connectivity index (χ2v) is 6.67. The van der Waals surface area contributed by atoms with Crippen LogP contribution in [0.2, 0.25) is 0 Å². The molecule has 1 aliphatic heterocycles. The highest BCUT2D eigenvalue weighted by molar-refractivity contribution is 7.13. The van der Waals surface area contributed by atoms with E-state index in [9.17, 15) is 4.79 Å². The number of piperidine rings is 1. The summed E-state index contributed by atoms with van der Waals surface area (Å²) >= 11 is 1.44. The van der Waals surface area contributed by atoms with E-state index in [-0.39, 0.29) is 5.91 Å². The molecule has 3 rings (SSSR count). The Kier molecular flexibility index (Phi) is 4.84. The summed E-state index contributed by atoms with van der Waals surface area (Å²) in [5.41, 5.74) is 1.31. The summed E-state index contributed by atoms with van der Waals surface area (Å²) < 4.78 is 0. The molecule has 3 heterocycles. The number of hydrogen-bond acceptors (Lipinski definition) is 5. The van der Waals surface area contributed by atoms with Crippen LogP contribution in [-0.2, 0) is 0 Å². The lowest BCUT2D eigenvalue weighted by Crippen LogP contribution is -2.40. The normalized spacial score (nSPS) is 19.2. The minimum atomic E-state index is -0.105. The monoisotopic (exact) mass is 319 g/mol. The fraction of sp³-hybridized carbons (Fsp3) is 0.533. The van der Waals surface area contributed by atoms with Gasteiger partial charge in [0.25, 0.3) is 5.91 Å². The molecular weight excluding hydrogens is 298 g/mol. The van der Waals surface area contributed by atoms with Crippen LogP contribution in [0, 0.1) is 5.92 Å². The molecule has 2 aromatic heterocycles. The Hall–Kier alpha value is -1.73. The Labute approximate surface area is 134 Å². The molecule has 1 atom stereocenters. The van der Waals surface area contributed by atoms with E-state index in [2.05, 4.69) is 32.1 Å². The van der Waals surface area contributed by atoms with Gasteiger partial charge >= 0.3 is 0 Å². The van der Waals surface area contributed by atoms with Crippen LogP contribution in [-0.4, -0.2) is 51.9 Å². The van der Waals surface area contributed by atoms with Gasteiger partial charge in [-0.3, -0.25) is 4.79 Å². The molecule has 1 saturated heterocycles. The first kappa shape index (κ1) is 15.2. The molecule has 2 aromatic rings. The first-order valence-electron chi connectivity index (χ1n) is 7.67. The summed E-state index contributed by atoms with van der Waals surface area (Å²) in [7, 11) is 0. The van der Waals surface area contributed by atoms with Gasteiger partial charge in [0.1, 0.15) is 10.7 Å². The zero-order valence-corrected chi connectivity index (χ0v) is 13.5. The van der Waals surface area contributed by atoms with Gasteiger partial charge in [-0.15, -0.1) is 11.3 Å². The molecule has 0 spiro atoms. The number of nitrogens with zero attached hydrogens (tertiary/aromatic N) is 3. The van der Waals surface area contributed by atoms with Gasteiger partial charge in [0.05, 0.1) is 18.2 Å². The van der Waals surface area contributed by atoms with Gasteiger partial charge in [0.2, 0.25) is 0 Å².